The highest BCUT2D eigenvalue weighted by molar-refractivity contribution is 7.92. The number of para-hydroxylation sites is 1. The first-order valence-corrected chi connectivity index (χ1v) is 17.0. The predicted molar refractivity (Wildman–Crippen MR) is 175 cm³/mol. The molecule has 10 nitrogen and oxygen atoms in total. The molecule has 1 saturated heterocycles. The van der Waals surface area contributed by atoms with E-state index in [1.807, 2.05) is 13.8 Å². The maximum Gasteiger partial charge on any atom is 0.355 e. The van der Waals surface area contributed by atoms with E-state index < -0.39 is 49.4 Å². The SMILES string of the molecule is C=CC(=O)N1C[C@H](C)N(c2nc(=O)n(-c3c(C4CC4)cccc3S(=O)(=O)C(C)C)c3nc(-c4c(O)cccc4F)c(F)cc23)C[C@H]1C. The van der Waals surface area contributed by atoms with E-state index in [-0.39, 0.29) is 64.4 Å². The highest BCUT2D eigenvalue weighted by atomic mass is 32.2. The van der Waals surface area contributed by atoms with Crippen LogP contribution in [0.4, 0.5) is 14.6 Å². The molecule has 3 heterocycles. The van der Waals surface area contributed by atoms with Gasteiger partial charge in [-0.2, -0.15) is 4.98 Å². The van der Waals surface area contributed by atoms with Crippen LogP contribution in [0.25, 0.3) is 28.0 Å². The van der Waals surface area contributed by atoms with Crippen molar-refractivity contribution in [2.75, 3.05) is 18.0 Å². The van der Waals surface area contributed by atoms with E-state index in [2.05, 4.69) is 16.5 Å². The van der Waals surface area contributed by atoms with E-state index in [1.165, 1.54) is 38.1 Å². The first-order chi connectivity index (χ1) is 22.3. The van der Waals surface area contributed by atoms with Crippen LogP contribution in [0.5, 0.6) is 5.75 Å². The highest BCUT2D eigenvalue weighted by Gasteiger charge is 2.37. The molecule has 2 aliphatic rings. The van der Waals surface area contributed by atoms with Crippen LogP contribution in [-0.2, 0) is 14.6 Å². The Hall–Kier alpha value is -4.65. The summed E-state index contributed by atoms with van der Waals surface area (Å²) >= 11 is 0. The molecule has 1 aliphatic carbocycles. The third kappa shape index (κ3) is 5.45. The first-order valence-electron chi connectivity index (χ1n) is 15.4. The summed E-state index contributed by atoms with van der Waals surface area (Å²) in [4.78, 5) is 39.1. The van der Waals surface area contributed by atoms with Crippen LogP contribution in [-0.4, -0.2) is 69.3 Å². The lowest BCUT2D eigenvalue weighted by Gasteiger charge is -2.44. The zero-order chi connectivity index (χ0) is 33.9. The minimum atomic E-state index is -3.96. The Balaban J connectivity index is 1.71. The van der Waals surface area contributed by atoms with Gasteiger partial charge in [0, 0.05) is 25.2 Å². The summed E-state index contributed by atoms with van der Waals surface area (Å²) in [6, 6.07) is 8.68. The minimum absolute atomic E-state index is 0.0270. The summed E-state index contributed by atoms with van der Waals surface area (Å²) < 4.78 is 59.8. The summed E-state index contributed by atoms with van der Waals surface area (Å²) in [6.07, 6.45) is 2.78. The van der Waals surface area contributed by atoms with Gasteiger partial charge in [-0.15, -0.1) is 0 Å². The number of aromatic hydroxyl groups is 1. The standard InChI is InChI=1S/C34H35F2N5O5S/c1-6-28(43)39-16-20(5)40(17-19(39)4)32-23-15-25(36)30(29-24(35)10-8-11-26(29)42)37-33(23)41(34(44)38-32)31-22(21-13-14-21)9-7-12-27(31)47(45,46)18(2)3/h6-12,15,18-21,42H,1,13-14,16-17H2,2-5H3/t19-,20+/m1/s1. The van der Waals surface area contributed by atoms with Gasteiger partial charge in [-0.05, 0) is 82.4 Å². The Kier molecular flexibility index (Phi) is 8.15. The molecule has 2 aromatic carbocycles. The minimum Gasteiger partial charge on any atom is -0.507 e. The van der Waals surface area contributed by atoms with Gasteiger partial charge in [0.05, 0.1) is 26.8 Å². The summed E-state index contributed by atoms with van der Waals surface area (Å²) in [5.41, 5.74) is -1.41. The number of amides is 1. The number of piperazine rings is 1. The number of hydrogen-bond donors (Lipinski definition) is 1. The van der Waals surface area contributed by atoms with Crippen LogP contribution in [0, 0.1) is 11.6 Å². The molecule has 13 heteroatoms. The number of rotatable bonds is 7. The topological polar surface area (TPSA) is 126 Å². The summed E-state index contributed by atoms with van der Waals surface area (Å²) in [6.45, 7) is 10.8. The molecule has 0 spiro atoms. The van der Waals surface area contributed by atoms with Crippen molar-refractivity contribution in [1.82, 2.24) is 19.4 Å². The molecule has 1 N–H and O–H groups in total. The molecule has 1 amide bonds. The fourth-order valence-corrected chi connectivity index (χ4v) is 7.54. The number of phenolic OH excluding ortho intramolecular Hbond substituents is 1. The van der Waals surface area contributed by atoms with Gasteiger partial charge in [0.2, 0.25) is 5.91 Å². The number of hydrogen-bond acceptors (Lipinski definition) is 8. The number of fused-ring (bicyclic) bond motifs is 1. The maximum atomic E-state index is 16.1. The lowest BCUT2D eigenvalue weighted by Crippen LogP contribution is -2.58. The normalized spacial score (nSPS) is 18.6. The molecule has 2 fully saturated rings. The molecule has 1 aliphatic heterocycles. The number of phenols is 1. The number of sulfone groups is 1. The number of aromatic nitrogens is 3. The highest BCUT2D eigenvalue weighted by Crippen LogP contribution is 2.45. The van der Waals surface area contributed by atoms with Gasteiger partial charge in [0.15, 0.2) is 21.3 Å². The van der Waals surface area contributed by atoms with Crippen LogP contribution >= 0.6 is 0 Å². The Morgan fingerprint density at radius 3 is 2.38 bits per heavy atom. The lowest BCUT2D eigenvalue weighted by atomic mass is 10.1. The molecule has 47 heavy (non-hydrogen) atoms. The third-order valence-corrected chi connectivity index (χ3v) is 11.1. The second-order valence-corrected chi connectivity index (χ2v) is 15.0. The molecule has 246 valence electrons. The average Bonchev–Trinajstić information content (AvgIpc) is 3.87. The number of pyridine rings is 1. The van der Waals surface area contributed by atoms with Crippen LogP contribution in [0.2, 0.25) is 0 Å². The van der Waals surface area contributed by atoms with Crippen molar-refractivity contribution in [2.45, 2.75) is 68.7 Å². The molecule has 0 bridgehead atoms. The molecule has 1 saturated carbocycles. The van der Waals surface area contributed by atoms with Crippen molar-refractivity contribution in [3.05, 3.63) is 82.8 Å². The zero-order valence-corrected chi connectivity index (χ0v) is 27.3. The number of benzene rings is 2. The van der Waals surface area contributed by atoms with Crippen molar-refractivity contribution >= 4 is 32.6 Å². The molecular weight excluding hydrogens is 628 g/mol. The molecule has 0 unspecified atom stereocenters. The number of anilines is 1. The summed E-state index contributed by atoms with van der Waals surface area (Å²) in [5, 5.41) is 9.81. The number of carbonyl (C=O) groups is 1. The quantitative estimate of drug-likeness (QED) is 0.271. The Bertz CT molecular complexity index is 2090. The van der Waals surface area contributed by atoms with Gasteiger partial charge in [-0.25, -0.2) is 31.5 Å². The van der Waals surface area contributed by atoms with Gasteiger partial charge in [0.25, 0.3) is 0 Å². The van der Waals surface area contributed by atoms with Crippen molar-refractivity contribution < 1.29 is 27.1 Å². The number of carbonyl (C=O) groups excluding carboxylic acids is 1. The van der Waals surface area contributed by atoms with Crippen molar-refractivity contribution in [2.24, 2.45) is 0 Å². The van der Waals surface area contributed by atoms with E-state index in [1.54, 1.807) is 21.9 Å². The Morgan fingerprint density at radius 1 is 1.04 bits per heavy atom. The smallest absolute Gasteiger partial charge is 0.355 e. The summed E-state index contributed by atoms with van der Waals surface area (Å²) in [7, 11) is -3.96. The fourth-order valence-electron chi connectivity index (χ4n) is 6.28. The largest absolute Gasteiger partial charge is 0.507 e. The third-order valence-electron chi connectivity index (χ3n) is 8.94. The van der Waals surface area contributed by atoms with Gasteiger partial charge in [-0.1, -0.05) is 24.8 Å². The average molecular weight is 664 g/mol. The van der Waals surface area contributed by atoms with E-state index in [0.29, 0.717) is 5.56 Å². The number of nitrogens with zero attached hydrogens (tertiary/aromatic N) is 5. The second kappa shape index (κ2) is 11.9. The number of halogens is 2. The maximum absolute atomic E-state index is 16.1. The first kappa shape index (κ1) is 32.3. The van der Waals surface area contributed by atoms with E-state index in [9.17, 15) is 23.1 Å². The Morgan fingerprint density at radius 2 is 1.74 bits per heavy atom. The molecule has 6 rings (SSSR count). The lowest BCUT2D eigenvalue weighted by molar-refractivity contribution is -0.128. The van der Waals surface area contributed by atoms with Gasteiger partial charge in [-0.3, -0.25) is 4.79 Å². The van der Waals surface area contributed by atoms with Crippen molar-refractivity contribution in [3.63, 3.8) is 0 Å². The van der Waals surface area contributed by atoms with Crippen molar-refractivity contribution in [1.29, 1.82) is 0 Å². The molecule has 4 aromatic rings. The monoisotopic (exact) mass is 663 g/mol. The summed E-state index contributed by atoms with van der Waals surface area (Å²) in [5.74, 6) is -2.69. The van der Waals surface area contributed by atoms with Gasteiger partial charge < -0.3 is 14.9 Å². The van der Waals surface area contributed by atoms with Crippen LogP contribution in [0.1, 0.15) is 52.0 Å². The fraction of sp³-hybridized carbons (Fsp3) is 0.353. The molecule has 0 radical (unpaired) electrons. The molecule has 2 atom stereocenters. The predicted octanol–water partition coefficient (Wildman–Crippen LogP) is 5.10. The van der Waals surface area contributed by atoms with Crippen LogP contribution in [0.15, 0.2) is 64.8 Å². The van der Waals surface area contributed by atoms with Crippen LogP contribution in [0.3, 0.4) is 0 Å². The van der Waals surface area contributed by atoms with Crippen molar-refractivity contribution in [3.8, 4) is 22.7 Å². The van der Waals surface area contributed by atoms with E-state index in [4.69, 9.17) is 0 Å². The van der Waals surface area contributed by atoms with E-state index in [0.717, 1.165) is 29.5 Å². The van der Waals surface area contributed by atoms with Gasteiger partial charge in [0.1, 0.15) is 23.1 Å². The molecular formula is C34H35F2N5O5S. The zero-order valence-electron chi connectivity index (χ0n) is 26.4. The van der Waals surface area contributed by atoms with Crippen LogP contribution < -0.4 is 10.6 Å². The van der Waals surface area contributed by atoms with E-state index >= 15 is 8.78 Å². The van der Waals surface area contributed by atoms with Gasteiger partial charge >= 0.3 is 5.69 Å². The second-order valence-electron chi connectivity index (χ2n) is 12.5. The Labute approximate surface area is 270 Å². The molecule has 2 aromatic heterocycles.